The molecule has 1 heterocycles. The molecule has 1 N–H and O–H groups in total. The molecule has 0 radical (unpaired) electrons. The lowest BCUT2D eigenvalue weighted by atomic mass is 10.2. The smallest absolute Gasteiger partial charge is 0.235 e. The van der Waals surface area contributed by atoms with Crippen LogP contribution in [0.1, 0.15) is 17.4 Å². The SMILES string of the molecule is CC(C(=O)NCc1cccs1)S(=O)Cc1ccc(F)cc1Cl. The molecule has 0 aliphatic heterocycles. The molecule has 0 saturated carbocycles. The topological polar surface area (TPSA) is 46.2 Å². The van der Waals surface area contributed by atoms with Crippen LogP contribution in [-0.4, -0.2) is 15.4 Å². The van der Waals surface area contributed by atoms with Crippen LogP contribution in [0.25, 0.3) is 0 Å². The molecule has 2 rings (SSSR count). The first kappa shape index (κ1) is 17.1. The Hall–Kier alpha value is -1.24. The molecule has 0 aliphatic rings. The highest BCUT2D eigenvalue weighted by Gasteiger charge is 2.20. The van der Waals surface area contributed by atoms with Crippen molar-refractivity contribution in [2.24, 2.45) is 0 Å². The fourth-order valence-electron chi connectivity index (χ4n) is 1.77. The number of benzene rings is 1. The molecule has 2 unspecified atom stereocenters. The van der Waals surface area contributed by atoms with Crippen molar-refractivity contribution in [2.75, 3.05) is 0 Å². The van der Waals surface area contributed by atoms with Gasteiger partial charge in [-0.2, -0.15) is 0 Å². The van der Waals surface area contributed by atoms with Gasteiger partial charge in [0, 0.05) is 20.7 Å². The van der Waals surface area contributed by atoms with Crippen LogP contribution in [0.2, 0.25) is 5.02 Å². The lowest BCUT2D eigenvalue weighted by Gasteiger charge is -2.12. The van der Waals surface area contributed by atoms with Crippen molar-refractivity contribution in [3.8, 4) is 0 Å². The highest BCUT2D eigenvalue weighted by Crippen LogP contribution is 2.20. The number of carbonyl (C=O) groups excluding carboxylic acids is 1. The molecule has 1 aromatic heterocycles. The second kappa shape index (κ2) is 7.85. The first-order chi connectivity index (χ1) is 10.5. The summed E-state index contributed by atoms with van der Waals surface area (Å²) in [6.45, 7) is 2.03. The number of amides is 1. The number of hydrogen-bond donors (Lipinski definition) is 1. The van der Waals surface area contributed by atoms with Crippen molar-refractivity contribution < 1.29 is 13.4 Å². The normalized spacial score (nSPS) is 13.6. The van der Waals surface area contributed by atoms with Gasteiger partial charge in [-0.05, 0) is 36.1 Å². The Kier molecular flexibility index (Phi) is 6.11. The molecule has 22 heavy (non-hydrogen) atoms. The van der Waals surface area contributed by atoms with Crippen LogP contribution in [0.3, 0.4) is 0 Å². The van der Waals surface area contributed by atoms with Crippen molar-refractivity contribution in [1.29, 1.82) is 0 Å². The minimum Gasteiger partial charge on any atom is -0.350 e. The zero-order chi connectivity index (χ0) is 16.1. The maximum atomic E-state index is 13.0. The summed E-state index contributed by atoms with van der Waals surface area (Å²) < 4.78 is 25.2. The average molecular weight is 360 g/mol. The number of thiophene rings is 1. The number of carbonyl (C=O) groups is 1. The molecular formula is C15H15ClFNO2S2. The highest BCUT2D eigenvalue weighted by molar-refractivity contribution is 7.85. The molecule has 1 amide bonds. The average Bonchev–Trinajstić information content (AvgIpc) is 3.00. The molecule has 0 spiro atoms. The van der Waals surface area contributed by atoms with Crippen molar-refractivity contribution in [2.45, 2.75) is 24.5 Å². The highest BCUT2D eigenvalue weighted by atomic mass is 35.5. The van der Waals surface area contributed by atoms with Crippen molar-refractivity contribution >= 4 is 39.6 Å². The van der Waals surface area contributed by atoms with Crippen LogP contribution in [-0.2, 0) is 27.9 Å². The molecule has 0 aliphatic carbocycles. The lowest BCUT2D eigenvalue weighted by Crippen LogP contribution is -2.35. The molecule has 118 valence electrons. The molecule has 1 aromatic carbocycles. The summed E-state index contributed by atoms with van der Waals surface area (Å²) in [7, 11) is -1.43. The van der Waals surface area contributed by atoms with E-state index in [2.05, 4.69) is 5.32 Å². The van der Waals surface area contributed by atoms with Crippen molar-refractivity contribution in [3.63, 3.8) is 0 Å². The summed E-state index contributed by atoms with van der Waals surface area (Å²) in [6.07, 6.45) is 0. The summed E-state index contributed by atoms with van der Waals surface area (Å²) in [4.78, 5) is 13.1. The van der Waals surface area contributed by atoms with Gasteiger partial charge >= 0.3 is 0 Å². The fourth-order valence-corrected chi connectivity index (χ4v) is 3.86. The van der Waals surface area contributed by atoms with Crippen LogP contribution < -0.4 is 5.32 Å². The second-order valence-electron chi connectivity index (χ2n) is 4.70. The van der Waals surface area contributed by atoms with Crippen LogP contribution in [0.15, 0.2) is 35.7 Å². The van der Waals surface area contributed by atoms with Crippen molar-refractivity contribution in [3.05, 3.63) is 57.0 Å². The van der Waals surface area contributed by atoms with Crippen LogP contribution in [0.4, 0.5) is 4.39 Å². The molecule has 2 aromatic rings. The number of hydrogen-bond acceptors (Lipinski definition) is 3. The van der Waals surface area contributed by atoms with E-state index in [4.69, 9.17) is 11.6 Å². The van der Waals surface area contributed by atoms with Gasteiger partial charge in [0.15, 0.2) is 0 Å². The van der Waals surface area contributed by atoms with Crippen LogP contribution in [0, 0.1) is 5.82 Å². The van der Waals surface area contributed by atoms with Crippen LogP contribution in [0.5, 0.6) is 0 Å². The van der Waals surface area contributed by atoms with Gasteiger partial charge in [-0.15, -0.1) is 11.3 Å². The lowest BCUT2D eigenvalue weighted by molar-refractivity contribution is -0.120. The minimum atomic E-state index is -1.43. The summed E-state index contributed by atoms with van der Waals surface area (Å²) >= 11 is 7.46. The Morgan fingerprint density at radius 3 is 2.86 bits per heavy atom. The van der Waals surface area contributed by atoms with Gasteiger partial charge in [0.25, 0.3) is 0 Å². The van der Waals surface area contributed by atoms with Gasteiger partial charge in [0.1, 0.15) is 11.1 Å². The Labute approximate surface area is 140 Å². The summed E-state index contributed by atoms with van der Waals surface area (Å²) in [5, 5.41) is 4.25. The fraction of sp³-hybridized carbons (Fsp3) is 0.267. The molecule has 3 nitrogen and oxygen atoms in total. The third kappa shape index (κ3) is 4.63. The van der Waals surface area contributed by atoms with E-state index in [1.54, 1.807) is 18.3 Å². The molecule has 7 heteroatoms. The van der Waals surface area contributed by atoms with E-state index in [0.29, 0.717) is 12.1 Å². The quantitative estimate of drug-likeness (QED) is 0.858. The van der Waals surface area contributed by atoms with Gasteiger partial charge in [-0.25, -0.2) is 4.39 Å². The van der Waals surface area contributed by atoms with Gasteiger partial charge in [0.05, 0.1) is 12.3 Å². The molecule has 0 bridgehead atoms. The Bertz CT molecular complexity index is 676. The molecular weight excluding hydrogens is 345 g/mol. The largest absolute Gasteiger partial charge is 0.350 e. The maximum absolute atomic E-state index is 13.0. The molecule has 2 atom stereocenters. The third-order valence-electron chi connectivity index (χ3n) is 3.09. The van der Waals surface area contributed by atoms with E-state index in [0.717, 1.165) is 4.88 Å². The van der Waals surface area contributed by atoms with Gasteiger partial charge < -0.3 is 5.32 Å². The van der Waals surface area contributed by atoms with E-state index in [1.165, 1.54) is 18.2 Å². The monoisotopic (exact) mass is 359 g/mol. The van der Waals surface area contributed by atoms with Gasteiger partial charge in [0.2, 0.25) is 5.91 Å². The third-order valence-corrected chi connectivity index (χ3v) is 5.92. The van der Waals surface area contributed by atoms with Crippen molar-refractivity contribution in [1.82, 2.24) is 5.32 Å². The Balaban J connectivity index is 1.92. The summed E-state index contributed by atoms with van der Waals surface area (Å²) in [5.74, 6) is -0.599. The van der Waals surface area contributed by atoms with E-state index >= 15 is 0 Å². The number of halogens is 2. The molecule has 0 fully saturated rings. The molecule has 0 saturated heterocycles. The minimum absolute atomic E-state index is 0.118. The number of nitrogens with one attached hydrogen (secondary N) is 1. The second-order valence-corrected chi connectivity index (χ2v) is 7.90. The zero-order valence-corrected chi connectivity index (χ0v) is 14.2. The summed E-state index contributed by atoms with van der Waals surface area (Å²) in [5.41, 5.74) is 0.569. The predicted octanol–water partition coefficient (Wildman–Crippen LogP) is 3.49. The predicted molar refractivity (Wildman–Crippen MR) is 88.9 cm³/mol. The van der Waals surface area contributed by atoms with Gasteiger partial charge in [-0.3, -0.25) is 9.00 Å². The van der Waals surface area contributed by atoms with E-state index < -0.39 is 21.9 Å². The van der Waals surface area contributed by atoms with E-state index in [9.17, 15) is 13.4 Å². The standard InChI is InChI=1S/C15H15ClFNO2S2/c1-10(15(19)18-8-13-3-2-6-21-13)22(20)9-11-4-5-12(17)7-14(11)16/h2-7,10H,8-9H2,1H3,(H,18,19). The zero-order valence-electron chi connectivity index (χ0n) is 11.8. The number of rotatable bonds is 6. The Morgan fingerprint density at radius 1 is 1.45 bits per heavy atom. The van der Waals surface area contributed by atoms with E-state index in [1.807, 2.05) is 17.5 Å². The summed E-state index contributed by atoms with van der Waals surface area (Å²) in [6, 6.07) is 7.76. The van der Waals surface area contributed by atoms with E-state index in [-0.39, 0.29) is 16.7 Å². The Morgan fingerprint density at radius 2 is 2.23 bits per heavy atom. The first-order valence-electron chi connectivity index (χ1n) is 6.58. The first-order valence-corrected chi connectivity index (χ1v) is 9.22. The van der Waals surface area contributed by atoms with Crippen LogP contribution >= 0.6 is 22.9 Å². The maximum Gasteiger partial charge on any atom is 0.235 e. The van der Waals surface area contributed by atoms with Gasteiger partial charge in [-0.1, -0.05) is 23.7 Å².